The second-order valence-electron chi connectivity index (χ2n) is 18.6. The topological polar surface area (TPSA) is 177 Å². The summed E-state index contributed by atoms with van der Waals surface area (Å²) in [6.07, 6.45) is 27.1. The van der Waals surface area contributed by atoms with Gasteiger partial charge in [-0.25, -0.2) is 0 Å². The standard InChI is InChI=1S/C14H24O3.C13H24O3.C13H22O3.C13H20O3/c1-3-5-6-7-12-11(8-9-13(12)15)10-14(16)17-4-2;3*1-3-4-5-6-11-10(7-8-12(11)14)9-13(15)16-2/h11-12H,3-10H2,1-2H3;10-12,14H,3-9H2,1-2H3;10-11H,3-9H2,1-2H3;4-5,10-11H,3,6-9H2,1-2H3/b;;;5-4-. The quantitative estimate of drug-likeness (QED) is 0.0420. The number of aliphatic hydroxyl groups excluding tert-OH is 1. The Morgan fingerprint density at radius 3 is 1.32 bits per heavy atom. The lowest BCUT2D eigenvalue weighted by Gasteiger charge is -2.21. The fourth-order valence-corrected chi connectivity index (χ4v) is 10.2. The molecular weight excluding hydrogens is 829 g/mol. The van der Waals surface area contributed by atoms with E-state index in [1.54, 1.807) is 0 Å². The number of ether oxygens (including phenoxy) is 4. The van der Waals surface area contributed by atoms with Crippen LogP contribution in [0.15, 0.2) is 12.2 Å². The van der Waals surface area contributed by atoms with Crippen molar-refractivity contribution in [2.75, 3.05) is 27.9 Å². The van der Waals surface area contributed by atoms with Crippen LogP contribution in [0.4, 0.5) is 0 Å². The van der Waals surface area contributed by atoms with Gasteiger partial charge in [0.05, 0.1) is 34.0 Å². The number of hydrogen-bond acceptors (Lipinski definition) is 12. The van der Waals surface area contributed by atoms with Gasteiger partial charge in [0.2, 0.25) is 0 Å². The van der Waals surface area contributed by atoms with Crippen molar-refractivity contribution in [2.45, 2.75) is 208 Å². The van der Waals surface area contributed by atoms with Crippen molar-refractivity contribution in [1.29, 1.82) is 0 Å². The maximum atomic E-state index is 11.8. The Hall–Kier alpha value is -3.41. The van der Waals surface area contributed by atoms with Gasteiger partial charge in [-0.05, 0) is 101 Å². The molecule has 4 rings (SSSR count). The summed E-state index contributed by atoms with van der Waals surface area (Å²) < 4.78 is 19.0. The van der Waals surface area contributed by atoms with E-state index in [2.05, 4.69) is 49.3 Å². The molecule has 9 atom stereocenters. The van der Waals surface area contributed by atoms with E-state index in [1.165, 1.54) is 59.9 Å². The SMILES string of the molecule is CC/C=C\CC1C(=O)CCC1CC(=O)OC.CCCCCC1C(=O)CCC1CC(=O)OC.CCCCCC1C(=O)CCC1CC(=O)OCC.CCCCCC1C(O)CCC1CC(=O)OC. The molecule has 0 saturated heterocycles. The smallest absolute Gasteiger partial charge is 0.306 e. The maximum Gasteiger partial charge on any atom is 0.306 e. The highest BCUT2D eigenvalue weighted by Gasteiger charge is 2.38. The Labute approximate surface area is 392 Å². The third-order valence-corrected chi connectivity index (χ3v) is 14.0. The Balaban J connectivity index is 0.000000433. The molecule has 9 unspecified atom stereocenters. The average Bonchev–Trinajstić information content (AvgIpc) is 4.04. The number of unbranched alkanes of at least 4 members (excludes halogenated alkanes) is 6. The first-order valence-electron chi connectivity index (χ1n) is 25.5. The molecule has 0 radical (unpaired) electrons. The van der Waals surface area contributed by atoms with Crippen LogP contribution in [0.2, 0.25) is 0 Å². The lowest BCUT2D eigenvalue weighted by molar-refractivity contribution is -0.145. The third-order valence-electron chi connectivity index (χ3n) is 14.0. The summed E-state index contributed by atoms with van der Waals surface area (Å²) in [6.45, 7) is 10.8. The molecule has 1 N–H and O–H groups in total. The number of hydrogen-bond donors (Lipinski definition) is 1. The molecule has 0 aliphatic heterocycles. The molecule has 0 bridgehead atoms. The van der Waals surface area contributed by atoms with E-state index in [9.17, 15) is 38.7 Å². The monoisotopic (exact) mass is 919 g/mol. The summed E-state index contributed by atoms with van der Waals surface area (Å²) >= 11 is 0. The molecule has 0 aromatic carbocycles. The molecule has 0 aromatic heterocycles. The number of rotatable bonds is 24. The van der Waals surface area contributed by atoms with Crippen LogP contribution in [-0.4, -0.2) is 80.4 Å². The average molecular weight is 919 g/mol. The Morgan fingerprint density at radius 1 is 0.508 bits per heavy atom. The second-order valence-corrected chi connectivity index (χ2v) is 18.6. The number of aliphatic hydroxyl groups is 1. The van der Waals surface area contributed by atoms with Crippen LogP contribution in [0, 0.1) is 47.3 Å². The highest BCUT2D eigenvalue weighted by Crippen LogP contribution is 2.39. The van der Waals surface area contributed by atoms with Gasteiger partial charge in [-0.15, -0.1) is 0 Å². The van der Waals surface area contributed by atoms with Crippen LogP contribution in [0.3, 0.4) is 0 Å². The largest absolute Gasteiger partial charge is 0.469 e. The van der Waals surface area contributed by atoms with Crippen LogP contribution in [-0.2, 0) is 52.5 Å². The highest BCUT2D eigenvalue weighted by molar-refractivity contribution is 5.85. The molecule has 0 aromatic rings. The first-order chi connectivity index (χ1) is 31.2. The summed E-state index contributed by atoms with van der Waals surface area (Å²) in [4.78, 5) is 80.2. The van der Waals surface area contributed by atoms with Crippen LogP contribution >= 0.6 is 0 Å². The minimum absolute atomic E-state index is 0.0295. The number of esters is 4. The fraction of sp³-hybridized carbons (Fsp3) is 0.830. The van der Waals surface area contributed by atoms with Crippen molar-refractivity contribution in [3.8, 4) is 0 Å². The minimum Gasteiger partial charge on any atom is -0.469 e. The van der Waals surface area contributed by atoms with Gasteiger partial charge in [0.25, 0.3) is 0 Å². The van der Waals surface area contributed by atoms with Gasteiger partial charge in [-0.1, -0.05) is 97.6 Å². The number of ketones is 3. The van der Waals surface area contributed by atoms with E-state index in [-0.39, 0.29) is 65.5 Å². The predicted octanol–water partition coefficient (Wildman–Crippen LogP) is 10.9. The molecule has 12 nitrogen and oxygen atoms in total. The zero-order chi connectivity index (χ0) is 48.6. The highest BCUT2D eigenvalue weighted by atomic mass is 16.5. The molecular formula is C53H90O12. The van der Waals surface area contributed by atoms with Gasteiger partial charge in [0.1, 0.15) is 17.3 Å². The Morgan fingerprint density at radius 2 is 0.908 bits per heavy atom. The van der Waals surface area contributed by atoms with Crippen molar-refractivity contribution < 1.29 is 57.6 Å². The molecule has 0 spiro atoms. The van der Waals surface area contributed by atoms with Gasteiger partial charge >= 0.3 is 23.9 Å². The molecule has 12 heteroatoms. The zero-order valence-corrected chi connectivity index (χ0v) is 41.9. The normalized spacial score (nSPS) is 25.8. The minimum atomic E-state index is -0.204. The van der Waals surface area contributed by atoms with E-state index in [0.29, 0.717) is 80.7 Å². The zero-order valence-electron chi connectivity index (χ0n) is 41.9. The Kier molecular flexibility index (Phi) is 32.8. The van der Waals surface area contributed by atoms with Gasteiger partial charge in [0, 0.05) is 62.7 Å². The van der Waals surface area contributed by atoms with Gasteiger partial charge in [0.15, 0.2) is 0 Å². The number of methoxy groups -OCH3 is 3. The summed E-state index contributed by atoms with van der Waals surface area (Å²) in [5.74, 6) is 1.90. The fourth-order valence-electron chi connectivity index (χ4n) is 10.2. The first-order valence-corrected chi connectivity index (χ1v) is 25.5. The van der Waals surface area contributed by atoms with E-state index in [1.807, 2.05) is 6.92 Å². The van der Waals surface area contributed by atoms with Crippen molar-refractivity contribution in [1.82, 2.24) is 0 Å². The number of Topliss-reactive ketones (excluding diaryl/α,β-unsaturated/α-hetero) is 3. The van der Waals surface area contributed by atoms with Crippen LogP contribution in [0.5, 0.6) is 0 Å². The second kappa shape index (κ2) is 35.7. The van der Waals surface area contributed by atoms with Crippen molar-refractivity contribution in [3.63, 3.8) is 0 Å². The van der Waals surface area contributed by atoms with Crippen molar-refractivity contribution >= 4 is 41.2 Å². The molecule has 374 valence electrons. The van der Waals surface area contributed by atoms with Crippen molar-refractivity contribution in [2.24, 2.45) is 47.3 Å². The summed E-state index contributed by atoms with van der Waals surface area (Å²) in [7, 11) is 4.23. The van der Waals surface area contributed by atoms with E-state index in [0.717, 1.165) is 83.5 Å². The van der Waals surface area contributed by atoms with Gasteiger partial charge in [-0.3, -0.25) is 33.6 Å². The molecule has 4 saturated carbocycles. The summed E-state index contributed by atoms with van der Waals surface area (Å²) in [5.41, 5.74) is 0. The number of carbonyl (C=O) groups is 7. The van der Waals surface area contributed by atoms with Crippen molar-refractivity contribution in [3.05, 3.63) is 12.2 Å². The summed E-state index contributed by atoms with van der Waals surface area (Å²) in [5, 5.41) is 9.89. The maximum absolute atomic E-state index is 11.8. The van der Waals surface area contributed by atoms with E-state index in [4.69, 9.17) is 9.47 Å². The number of allylic oxidation sites excluding steroid dienone is 2. The lowest BCUT2D eigenvalue weighted by atomic mass is 9.87. The molecule has 4 fully saturated rings. The molecule has 65 heavy (non-hydrogen) atoms. The molecule has 4 aliphatic carbocycles. The Bertz CT molecular complexity index is 1420. The lowest BCUT2D eigenvalue weighted by Crippen LogP contribution is -2.21. The summed E-state index contributed by atoms with van der Waals surface area (Å²) in [6, 6.07) is 0. The van der Waals surface area contributed by atoms with E-state index < -0.39 is 0 Å². The van der Waals surface area contributed by atoms with E-state index >= 15 is 0 Å². The molecule has 0 heterocycles. The molecule has 4 aliphatic rings. The predicted molar refractivity (Wildman–Crippen MR) is 254 cm³/mol. The van der Waals surface area contributed by atoms with Crippen LogP contribution in [0.25, 0.3) is 0 Å². The van der Waals surface area contributed by atoms with Crippen LogP contribution in [0.1, 0.15) is 202 Å². The van der Waals surface area contributed by atoms with Gasteiger partial charge < -0.3 is 24.1 Å². The van der Waals surface area contributed by atoms with Crippen LogP contribution < -0.4 is 0 Å². The third kappa shape index (κ3) is 23.7. The number of carbonyl (C=O) groups excluding carboxylic acids is 7. The van der Waals surface area contributed by atoms with Gasteiger partial charge in [-0.2, -0.15) is 0 Å². The first kappa shape index (κ1) is 59.6. The molecule has 0 amide bonds.